The highest BCUT2D eigenvalue weighted by Gasteiger charge is 2.25. The van der Waals surface area contributed by atoms with Crippen molar-refractivity contribution >= 4 is 5.91 Å². The molecule has 0 saturated heterocycles. The molecule has 0 unspecified atom stereocenters. The highest BCUT2D eigenvalue weighted by Crippen LogP contribution is 2.24. The van der Waals surface area contributed by atoms with E-state index in [1.54, 1.807) is 0 Å². The number of aliphatic hydroxyl groups is 1. The molecule has 1 aromatic rings. The first-order valence-electron chi connectivity index (χ1n) is 8.87. The SMILES string of the molecule is CCCOc1ccccc1CCCNC(=O)[C@H]1CCC[C@@H](O)C1. The molecule has 0 heterocycles. The monoisotopic (exact) mass is 319 g/mol. The van der Waals surface area contributed by atoms with E-state index < -0.39 is 0 Å². The van der Waals surface area contributed by atoms with Gasteiger partial charge in [0.1, 0.15) is 5.75 Å². The smallest absolute Gasteiger partial charge is 0.223 e. The predicted molar refractivity (Wildman–Crippen MR) is 91.5 cm³/mol. The Bertz CT molecular complexity index is 489. The quantitative estimate of drug-likeness (QED) is 0.724. The molecule has 1 aromatic carbocycles. The maximum Gasteiger partial charge on any atom is 0.223 e. The van der Waals surface area contributed by atoms with Crippen LogP contribution >= 0.6 is 0 Å². The third-order valence-corrected chi connectivity index (χ3v) is 4.37. The van der Waals surface area contributed by atoms with E-state index in [2.05, 4.69) is 18.3 Å². The number of carbonyl (C=O) groups is 1. The molecule has 0 aliphatic heterocycles. The molecule has 1 amide bonds. The number of aliphatic hydroxyl groups excluding tert-OH is 1. The van der Waals surface area contributed by atoms with E-state index in [0.29, 0.717) is 13.0 Å². The van der Waals surface area contributed by atoms with Gasteiger partial charge in [-0.1, -0.05) is 31.5 Å². The number of hydrogen-bond donors (Lipinski definition) is 2. The fourth-order valence-electron chi connectivity index (χ4n) is 3.10. The number of benzene rings is 1. The Labute approximate surface area is 139 Å². The standard InChI is InChI=1S/C19H29NO3/c1-2-13-23-18-11-4-3-7-15(18)9-6-12-20-19(22)16-8-5-10-17(21)14-16/h3-4,7,11,16-17,21H,2,5-6,8-10,12-14H2,1H3,(H,20,22)/t16-,17+/m0/s1. The van der Waals surface area contributed by atoms with Gasteiger partial charge >= 0.3 is 0 Å². The maximum absolute atomic E-state index is 12.1. The van der Waals surface area contributed by atoms with Gasteiger partial charge in [0.15, 0.2) is 0 Å². The normalized spacial score (nSPS) is 21.0. The van der Waals surface area contributed by atoms with Gasteiger partial charge in [-0.05, 0) is 50.2 Å². The van der Waals surface area contributed by atoms with Gasteiger partial charge in [0.2, 0.25) is 5.91 Å². The summed E-state index contributed by atoms with van der Waals surface area (Å²) < 4.78 is 5.76. The van der Waals surface area contributed by atoms with Crippen LogP contribution in [-0.4, -0.2) is 30.3 Å². The minimum atomic E-state index is -0.304. The Morgan fingerprint density at radius 2 is 2.17 bits per heavy atom. The second-order valence-electron chi connectivity index (χ2n) is 6.37. The van der Waals surface area contributed by atoms with Crippen molar-refractivity contribution in [3.05, 3.63) is 29.8 Å². The molecule has 2 atom stereocenters. The summed E-state index contributed by atoms with van der Waals surface area (Å²) in [7, 11) is 0. The summed E-state index contributed by atoms with van der Waals surface area (Å²) in [5.41, 5.74) is 1.20. The van der Waals surface area contributed by atoms with E-state index in [9.17, 15) is 9.90 Å². The zero-order valence-electron chi connectivity index (χ0n) is 14.1. The lowest BCUT2D eigenvalue weighted by Crippen LogP contribution is -2.35. The van der Waals surface area contributed by atoms with E-state index in [0.717, 1.165) is 50.9 Å². The third kappa shape index (κ3) is 5.87. The Balaban J connectivity index is 1.72. The van der Waals surface area contributed by atoms with E-state index in [4.69, 9.17) is 4.74 Å². The molecule has 2 N–H and O–H groups in total. The Morgan fingerprint density at radius 1 is 1.35 bits per heavy atom. The Morgan fingerprint density at radius 3 is 2.96 bits per heavy atom. The molecular formula is C19H29NO3. The van der Waals surface area contributed by atoms with Crippen molar-refractivity contribution in [2.24, 2.45) is 5.92 Å². The lowest BCUT2D eigenvalue weighted by atomic mass is 9.86. The third-order valence-electron chi connectivity index (χ3n) is 4.37. The van der Waals surface area contributed by atoms with Crippen LogP contribution in [0.2, 0.25) is 0 Å². The minimum Gasteiger partial charge on any atom is -0.493 e. The predicted octanol–water partition coefficient (Wildman–Crippen LogP) is 3.08. The summed E-state index contributed by atoms with van der Waals surface area (Å²) in [6, 6.07) is 8.11. The summed E-state index contributed by atoms with van der Waals surface area (Å²) >= 11 is 0. The van der Waals surface area contributed by atoms with Crippen LogP contribution in [0.25, 0.3) is 0 Å². The van der Waals surface area contributed by atoms with E-state index in [1.165, 1.54) is 5.56 Å². The first-order chi connectivity index (χ1) is 11.2. The van der Waals surface area contributed by atoms with Crippen molar-refractivity contribution in [1.29, 1.82) is 0 Å². The summed E-state index contributed by atoms with van der Waals surface area (Å²) in [5.74, 6) is 1.04. The van der Waals surface area contributed by atoms with Gasteiger partial charge < -0.3 is 15.2 Å². The van der Waals surface area contributed by atoms with Crippen molar-refractivity contribution in [1.82, 2.24) is 5.32 Å². The first kappa shape index (κ1) is 17.8. The molecule has 0 radical (unpaired) electrons. The van der Waals surface area contributed by atoms with Gasteiger partial charge in [0.25, 0.3) is 0 Å². The maximum atomic E-state index is 12.1. The number of hydrogen-bond acceptors (Lipinski definition) is 3. The van der Waals surface area contributed by atoms with E-state index in [-0.39, 0.29) is 17.9 Å². The summed E-state index contributed by atoms with van der Waals surface area (Å²) in [4.78, 5) is 12.1. The van der Waals surface area contributed by atoms with Crippen molar-refractivity contribution in [2.75, 3.05) is 13.2 Å². The number of ether oxygens (including phenoxy) is 1. The Kier molecular flexibility index (Phi) is 7.40. The van der Waals surface area contributed by atoms with Crippen molar-refractivity contribution in [3.8, 4) is 5.75 Å². The largest absolute Gasteiger partial charge is 0.493 e. The lowest BCUT2D eigenvalue weighted by molar-refractivity contribution is -0.127. The van der Waals surface area contributed by atoms with Crippen molar-refractivity contribution in [3.63, 3.8) is 0 Å². The topological polar surface area (TPSA) is 58.6 Å². The molecule has 0 spiro atoms. The van der Waals surface area contributed by atoms with Crippen LogP contribution in [-0.2, 0) is 11.2 Å². The van der Waals surface area contributed by atoms with Gasteiger partial charge in [-0.3, -0.25) is 4.79 Å². The van der Waals surface area contributed by atoms with Gasteiger partial charge in [0.05, 0.1) is 12.7 Å². The number of carbonyl (C=O) groups excluding carboxylic acids is 1. The van der Waals surface area contributed by atoms with Crippen molar-refractivity contribution in [2.45, 2.75) is 58.0 Å². The zero-order valence-corrected chi connectivity index (χ0v) is 14.1. The number of nitrogens with one attached hydrogen (secondary N) is 1. The fraction of sp³-hybridized carbons (Fsp3) is 0.632. The summed E-state index contributed by atoms with van der Waals surface area (Å²) in [6.45, 7) is 3.51. The van der Waals surface area contributed by atoms with Gasteiger partial charge in [0, 0.05) is 12.5 Å². The molecule has 2 rings (SSSR count). The van der Waals surface area contributed by atoms with Gasteiger partial charge in [-0.15, -0.1) is 0 Å². The average molecular weight is 319 g/mol. The average Bonchev–Trinajstić information content (AvgIpc) is 2.57. The van der Waals surface area contributed by atoms with E-state index >= 15 is 0 Å². The van der Waals surface area contributed by atoms with Crippen molar-refractivity contribution < 1.29 is 14.6 Å². The molecule has 0 aromatic heterocycles. The molecule has 0 bridgehead atoms. The summed E-state index contributed by atoms with van der Waals surface area (Å²) in [6.07, 6.45) is 5.77. The molecule has 4 nitrogen and oxygen atoms in total. The highest BCUT2D eigenvalue weighted by molar-refractivity contribution is 5.78. The van der Waals surface area contributed by atoms with Gasteiger partial charge in [-0.2, -0.15) is 0 Å². The van der Waals surface area contributed by atoms with Crippen LogP contribution in [0.15, 0.2) is 24.3 Å². The van der Waals surface area contributed by atoms with Crippen LogP contribution in [0.5, 0.6) is 5.75 Å². The first-order valence-corrected chi connectivity index (χ1v) is 8.87. The van der Waals surface area contributed by atoms with Crippen LogP contribution in [0.4, 0.5) is 0 Å². The van der Waals surface area contributed by atoms with Crippen LogP contribution in [0.1, 0.15) is 51.0 Å². The lowest BCUT2D eigenvalue weighted by Gasteiger charge is -2.24. The van der Waals surface area contributed by atoms with E-state index in [1.807, 2.05) is 18.2 Å². The Hall–Kier alpha value is -1.55. The van der Waals surface area contributed by atoms with Crippen LogP contribution < -0.4 is 10.1 Å². The molecule has 1 fully saturated rings. The highest BCUT2D eigenvalue weighted by atomic mass is 16.5. The molecule has 1 saturated carbocycles. The number of amides is 1. The van der Waals surface area contributed by atoms with Crippen LogP contribution in [0, 0.1) is 5.92 Å². The van der Waals surface area contributed by atoms with Gasteiger partial charge in [-0.25, -0.2) is 0 Å². The minimum absolute atomic E-state index is 0.0149. The number of aryl methyl sites for hydroxylation is 1. The number of rotatable bonds is 8. The summed E-state index contributed by atoms with van der Waals surface area (Å²) in [5, 5.41) is 12.7. The zero-order chi connectivity index (χ0) is 16.5. The molecule has 4 heteroatoms. The molecule has 23 heavy (non-hydrogen) atoms. The van der Waals surface area contributed by atoms with Crippen LogP contribution in [0.3, 0.4) is 0 Å². The number of para-hydroxylation sites is 1. The fourth-order valence-corrected chi connectivity index (χ4v) is 3.10. The second-order valence-corrected chi connectivity index (χ2v) is 6.37. The molecule has 1 aliphatic rings. The molecule has 1 aliphatic carbocycles. The molecular weight excluding hydrogens is 290 g/mol. The molecule has 128 valence electrons. The second kappa shape index (κ2) is 9.56.